The molecule has 0 saturated heterocycles. The van der Waals surface area contributed by atoms with Gasteiger partial charge in [-0.05, 0) is 62.9 Å². The Bertz CT molecular complexity index is 3470. The summed E-state index contributed by atoms with van der Waals surface area (Å²) in [5.41, 5.74) is 10.8. The van der Waals surface area contributed by atoms with Gasteiger partial charge >= 0.3 is 0 Å². The molecule has 280 valence electrons. The van der Waals surface area contributed by atoms with Crippen molar-refractivity contribution in [2.75, 3.05) is 0 Å². The maximum absolute atomic E-state index is 5.38. The van der Waals surface area contributed by atoms with Crippen molar-refractivity contribution in [2.45, 2.75) is 0 Å². The van der Waals surface area contributed by atoms with Crippen LogP contribution in [0, 0.1) is 0 Å². The normalized spacial score (nSPS) is 11.7. The van der Waals surface area contributed by atoms with E-state index in [1.807, 2.05) is 23.5 Å². The van der Waals surface area contributed by atoms with E-state index >= 15 is 0 Å². The third-order valence-corrected chi connectivity index (χ3v) is 12.8. The summed E-state index contributed by atoms with van der Waals surface area (Å²) in [7, 11) is 0. The van der Waals surface area contributed by atoms with Crippen LogP contribution in [0.2, 0.25) is 0 Å². The number of aromatic nitrogens is 4. The summed E-state index contributed by atoms with van der Waals surface area (Å²) in [5.74, 6) is 1.79. The molecule has 12 aromatic rings. The molecule has 0 fully saturated rings. The molecule has 0 saturated carbocycles. The Balaban J connectivity index is 1.12. The molecule has 0 radical (unpaired) electrons. The Morgan fingerprint density at radius 1 is 0.350 bits per heavy atom. The van der Waals surface area contributed by atoms with Crippen LogP contribution in [-0.4, -0.2) is 19.5 Å². The van der Waals surface area contributed by atoms with Crippen LogP contribution in [0.4, 0.5) is 0 Å². The van der Waals surface area contributed by atoms with Gasteiger partial charge in [0.15, 0.2) is 11.6 Å². The van der Waals surface area contributed by atoms with Gasteiger partial charge in [0.25, 0.3) is 0 Å². The largest absolute Gasteiger partial charge is 0.277 e. The molecule has 5 heteroatoms. The molecular formula is C55H34N4S. The third-order valence-electron chi connectivity index (χ3n) is 11.7. The van der Waals surface area contributed by atoms with Gasteiger partial charge in [-0.25, -0.2) is 4.98 Å². The van der Waals surface area contributed by atoms with E-state index in [-0.39, 0.29) is 0 Å². The summed E-state index contributed by atoms with van der Waals surface area (Å²) in [5, 5.41) is 7.25. The van der Waals surface area contributed by atoms with Crippen molar-refractivity contribution >= 4 is 64.1 Å². The molecule has 0 bridgehead atoms. The fraction of sp³-hybridized carbons (Fsp3) is 0. The minimum atomic E-state index is 0.569. The van der Waals surface area contributed by atoms with Crippen LogP contribution in [0.1, 0.15) is 0 Å². The molecule has 0 aliphatic heterocycles. The highest BCUT2D eigenvalue weighted by atomic mass is 32.1. The molecular weight excluding hydrogens is 749 g/mol. The first-order valence-electron chi connectivity index (χ1n) is 20.2. The number of para-hydroxylation sites is 1. The highest BCUT2D eigenvalue weighted by Gasteiger charge is 2.22. The highest BCUT2D eigenvalue weighted by Crippen LogP contribution is 2.43. The number of nitrogens with zero attached hydrogens (tertiary/aromatic N) is 4. The van der Waals surface area contributed by atoms with Gasteiger partial charge in [0.05, 0.1) is 11.0 Å². The molecule has 0 unspecified atom stereocenters. The van der Waals surface area contributed by atoms with Crippen LogP contribution in [0.3, 0.4) is 0 Å². The lowest BCUT2D eigenvalue weighted by molar-refractivity contribution is 0.954. The minimum absolute atomic E-state index is 0.569. The lowest BCUT2D eigenvalue weighted by Crippen LogP contribution is -2.07. The van der Waals surface area contributed by atoms with Gasteiger partial charge in [-0.3, -0.25) is 4.57 Å². The van der Waals surface area contributed by atoms with E-state index in [1.165, 1.54) is 47.5 Å². The highest BCUT2D eigenvalue weighted by molar-refractivity contribution is 7.25. The van der Waals surface area contributed by atoms with E-state index in [4.69, 9.17) is 15.0 Å². The zero-order chi connectivity index (χ0) is 39.6. The fourth-order valence-electron chi connectivity index (χ4n) is 8.78. The summed E-state index contributed by atoms with van der Waals surface area (Å²) in [6.45, 7) is 0. The predicted molar refractivity (Wildman–Crippen MR) is 252 cm³/mol. The van der Waals surface area contributed by atoms with Gasteiger partial charge in [-0.15, -0.1) is 11.3 Å². The Morgan fingerprint density at radius 2 is 0.883 bits per heavy atom. The molecule has 4 nitrogen and oxygen atoms in total. The summed E-state index contributed by atoms with van der Waals surface area (Å²) in [6, 6.07) is 73.3. The van der Waals surface area contributed by atoms with Crippen molar-refractivity contribution in [2.24, 2.45) is 0 Å². The van der Waals surface area contributed by atoms with E-state index in [0.29, 0.717) is 17.6 Å². The van der Waals surface area contributed by atoms with Crippen LogP contribution in [0.5, 0.6) is 0 Å². The van der Waals surface area contributed by atoms with Crippen molar-refractivity contribution in [1.29, 1.82) is 0 Å². The van der Waals surface area contributed by atoms with Crippen LogP contribution >= 0.6 is 11.3 Å². The lowest BCUT2D eigenvalue weighted by atomic mass is 9.98. The second kappa shape index (κ2) is 14.0. The smallest absolute Gasteiger partial charge is 0.238 e. The Morgan fingerprint density at radius 3 is 1.57 bits per heavy atom. The standard InChI is InChI=1S/C55H34N4S/c1-3-12-35(13-4-1)37-22-26-40(27-23-37)53-56-54(41-28-24-38(25-29-41)36-14-5-2-6-15-36)58-55(57-53)59-48-32-30-39-16-7-8-17-43(39)51(48)46-20-11-19-44(52(46)59)42-31-33-50-47(34-42)45-18-9-10-21-49(45)60-50/h1-34H. The quantitative estimate of drug-likeness (QED) is 0.169. The van der Waals surface area contributed by atoms with E-state index in [9.17, 15) is 0 Å². The zero-order valence-electron chi connectivity index (χ0n) is 32.3. The van der Waals surface area contributed by atoms with E-state index in [0.717, 1.165) is 49.8 Å². The zero-order valence-corrected chi connectivity index (χ0v) is 33.1. The first kappa shape index (κ1) is 34.3. The number of thiophene rings is 1. The van der Waals surface area contributed by atoms with Crippen molar-refractivity contribution in [1.82, 2.24) is 19.5 Å². The molecule has 12 rings (SSSR count). The summed E-state index contributed by atoms with van der Waals surface area (Å²) >= 11 is 1.84. The number of benzene rings is 9. The number of hydrogen-bond acceptors (Lipinski definition) is 4. The van der Waals surface area contributed by atoms with Gasteiger partial charge < -0.3 is 0 Å². The second-order valence-electron chi connectivity index (χ2n) is 15.2. The molecule has 0 atom stereocenters. The summed E-state index contributed by atoms with van der Waals surface area (Å²) in [4.78, 5) is 16.0. The maximum atomic E-state index is 5.38. The molecule has 0 N–H and O–H groups in total. The van der Waals surface area contributed by atoms with Gasteiger partial charge in [-0.1, -0.05) is 182 Å². The van der Waals surface area contributed by atoms with Crippen molar-refractivity contribution < 1.29 is 0 Å². The van der Waals surface area contributed by atoms with Crippen molar-refractivity contribution in [3.63, 3.8) is 0 Å². The molecule has 3 heterocycles. The third kappa shape index (κ3) is 5.70. The predicted octanol–water partition coefficient (Wildman–Crippen LogP) is 14.8. The first-order chi connectivity index (χ1) is 29.7. The van der Waals surface area contributed by atoms with Gasteiger partial charge in [0, 0.05) is 47.6 Å². The molecule has 60 heavy (non-hydrogen) atoms. The number of rotatable bonds is 6. The summed E-state index contributed by atoms with van der Waals surface area (Å²) in [6.07, 6.45) is 0. The number of hydrogen-bond donors (Lipinski definition) is 0. The van der Waals surface area contributed by atoms with Crippen molar-refractivity contribution in [3.05, 3.63) is 206 Å². The Hall–Kier alpha value is -7.73. The first-order valence-corrected chi connectivity index (χ1v) is 21.0. The van der Waals surface area contributed by atoms with E-state index < -0.39 is 0 Å². The Labute approximate surface area is 350 Å². The van der Waals surface area contributed by atoms with Crippen LogP contribution in [-0.2, 0) is 0 Å². The second-order valence-corrected chi connectivity index (χ2v) is 16.3. The minimum Gasteiger partial charge on any atom is -0.277 e. The molecule has 0 amide bonds. The molecule has 0 spiro atoms. The average molecular weight is 783 g/mol. The summed E-state index contributed by atoms with van der Waals surface area (Å²) < 4.78 is 4.84. The van der Waals surface area contributed by atoms with Crippen LogP contribution in [0.25, 0.3) is 115 Å². The molecule has 9 aromatic carbocycles. The average Bonchev–Trinajstić information content (AvgIpc) is 3.88. The van der Waals surface area contributed by atoms with Crippen molar-refractivity contribution in [3.8, 4) is 62.1 Å². The lowest BCUT2D eigenvalue weighted by Gasteiger charge is -2.13. The van der Waals surface area contributed by atoms with Gasteiger partial charge in [0.1, 0.15) is 0 Å². The van der Waals surface area contributed by atoms with E-state index in [2.05, 4.69) is 199 Å². The molecule has 3 aromatic heterocycles. The maximum Gasteiger partial charge on any atom is 0.238 e. The SMILES string of the molecule is c1ccc(-c2ccc(-c3nc(-c4ccc(-c5ccccc5)cc4)nc(-n4c5ccc6ccccc6c5c5cccc(-c6ccc7sc8ccccc8c7c6)c54)n3)cc2)cc1. The van der Waals surface area contributed by atoms with E-state index in [1.54, 1.807) is 0 Å². The Kier molecular flexibility index (Phi) is 8.00. The monoisotopic (exact) mass is 782 g/mol. The molecule has 0 aliphatic carbocycles. The van der Waals surface area contributed by atoms with Gasteiger partial charge in [0.2, 0.25) is 5.95 Å². The van der Waals surface area contributed by atoms with Gasteiger partial charge in [-0.2, -0.15) is 9.97 Å². The number of fused-ring (bicyclic) bond motifs is 8. The topological polar surface area (TPSA) is 43.6 Å². The van der Waals surface area contributed by atoms with Crippen LogP contribution < -0.4 is 0 Å². The van der Waals surface area contributed by atoms with Crippen LogP contribution in [0.15, 0.2) is 206 Å². The fourth-order valence-corrected chi connectivity index (χ4v) is 9.86. The molecule has 0 aliphatic rings.